The molecule has 8 nitrogen and oxygen atoms in total. The second-order valence-electron chi connectivity index (χ2n) is 7.80. The third-order valence-corrected chi connectivity index (χ3v) is 6.17. The summed E-state index contributed by atoms with van der Waals surface area (Å²) in [5, 5.41) is 0. The zero-order valence-corrected chi connectivity index (χ0v) is 19.2. The predicted molar refractivity (Wildman–Crippen MR) is 117 cm³/mol. The molecule has 2 aromatic rings. The fourth-order valence-electron chi connectivity index (χ4n) is 4.93. The smallest absolute Gasteiger partial charge is 0.308 e. The minimum atomic E-state index is -0.449. The van der Waals surface area contributed by atoms with E-state index in [0.717, 1.165) is 27.8 Å². The largest absolute Gasteiger partial charge is 0.493 e. The number of hydrogen-bond acceptors (Lipinski definition) is 7. The van der Waals surface area contributed by atoms with Crippen LogP contribution in [0.3, 0.4) is 0 Å². The van der Waals surface area contributed by atoms with E-state index in [1.54, 1.807) is 28.3 Å². The molecule has 170 valence electrons. The standard InChI is InChI=1S/C24H27NO7/c1-12(26)25-8-7-15-20-17(25)9-14-10-18(28-3)19(29-4)11-16(14)21(20)23(30-5)24(31-6)22(15)32-13(2)27/h10-11,17H,7-9H2,1-6H3. The van der Waals surface area contributed by atoms with E-state index < -0.39 is 5.97 Å². The van der Waals surface area contributed by atoms with E-state index in [2.05, 4.69) is 0 Å². The van der Waals surface area contributed by atoms with Crippen molar-refractivity contribution in [3.63, 3.8) is 0 Å². The summed E-state index contributed by atoms with van der Waals surface area (Å²) >= 11 is 0. The number of methoxy groups -OCH3 is 4. The highest BCUT2D eigenvalue weighted by Gasteiger charge is 2.41. The zero-order chi connectivity index (χ0) is 23.2. The molecule has 32 heavy (non-hydrogen) atoms. The molecule has 4 rings (SSSR count). The zero-order valence-electron chi connectivity index (χ0n) is 19.2. The molecule has 0 bridgehead atoms. The molecular weight excluding hydrogens is 414 g/mol. The molecule has 1 atom stereocenters. The molecule has 1 aliphatic carbocycles. The van der Waals surface area contributed by atoms with E-state index in [0.29, 0.717) is 48.1 Å². The topological polar surface area (TPSA) is 83.5 Å². The van der Waals surface area contributed by atoms with Crippen molar-refractivity contribution in [3.05, 3.63) is 28.8 Å². The number of rotatable bonds is 5. The van der Waals surface area contributed by atoms with Gasteiger partial charge >= 0.3 is 5.97 Å². The molecule has 0 radical (unpaired) electrons. The molecule has 8 heteroatoms. The first-order valence-electron chi connectivity index (χ1n) is 10.4. The molecule has 0 saturated heterocycles. The number of fused-ring (bicyclic) bond motifs is 2. The Labute approximate surface area is 187 Å². The Morgan fingerprint density at radius 1 is 0.906 bits per heavy atom. The normalized spacial score (nSPS) is 15.9. The quantitative estimate of drug-likeness (QED) is 0.520. The number of carbonyl (C=O) groups is 2. The van der Waals surface area contributed by atoms with Crippen LogP contribution < -0.4 is 23.7 Å². The number of esters is 1. The SMILES string of the molecule is COc1cc2c(cc1OC)-c1c(OC)c(OC)c(OC(C)=O)c3c1C(C2)N(C(C)=O)CC3. The Bertz CT molecular complexity index is 1110. The Balaban J connectivity index is 2.12. The van der Waals surface area contributed by atoms with Crippen LogP contribution in [-0.4, -0.2) is 51.8 Å². The van der Waals surface area contributed by atoms with E-state index >= 15 is 0 Å². The van der Waals surface area contributed by atoms with Crippen molar-refractivity contribution in [1.82, 2.24) is 4.90 Å². The van der Waals surface area contributed by atoms with Gasteiger partial charge in [0.15, 0.2) is 23.0 Å². The first-order valence-corrected chi connectivity index (χ1v) is 10.4. The van der Waals surface area contributed by atoms with Gasteiger partial charge in [-0.3, -0.25) is 9.59 Å². The van der Waals surface area contributed by atoms with Crippen LogP contribution >= 0.6 is 0 Å². The second-order valence-corrected chi connectivity index (χ2v) is 7.80. The number of nitrogens with zero attached hydrogens (tertiary/aromatic N) is 1. The number of amides is 1. The van der Waals surface area contributed by atoms with Gasteiger partial charge < -0.3 is 28.6 Å². The van der Waals surface area contributed by atoms with Crippen molar-refractivity contribution < 1.29 is 33.3 Å². The molecule has 1 amide bonds. The monoisotopic (exact) mass is 441 g/mol. The maximum Gasteiger partial charge on any atom is 0.308 e. The molecule has 1 heterocycles. The van der Waals surface area contributed by atoms with Crippen LogP contribution in [0.2, 0.25) is 0 Å². The molecule has 0 aromatic heterocycles. The maximum atomic E-state index is 12.5. The van der Waals surface area contributed by atoms with E-state index in [-0.39, 0.29) is 11.9 Å². The second kappa shape index (κ2) is 8.26. The van der Waals surface area contributed by atoms with Crippen molar-refractivity contribution >= 4 is 11.9 Å². The lowest BCUT2D eigenvalue weighted by Gasteiger charge is -2.42. The molecule has 0 saturated carbocycles. The average Bonchev–Trinajstić information content (AvgIpc) is 2.78. The molecule has 2 aliphatic rings. The molecule has 2 aromatic carbocycles. The minimum Gasteiger partial charge on any atom is -0.493 e. The summed E-state index contributed by atoms with van der Waals surface area (Å²) in [5.74, 6) is 1.90. The van der Waals surface area contributed by atoms with Crippen LogP contribution in [0.15, 0.2) is 12.1 Å². The van der Waals surface area contributed by atoms with E-state index in [1.165, 1.54) is 14.0 Å². The number of benzene rings is 2. The van der Waals surface area contributed by atoms with Crippen molar-refractivity contribution in [2.24, 2.45) is 0 Å². The molecule has 0 spiro atoms. The van der Waals surface area contributed by atoms with Crippen molar-refractivity contribution in [2.45, 2.75) is 32.7 Å². The Morgan fingerprint density at radius 3 is 2.12 bits per heavy atom. The first-order chi connectivity index (χ1) is 15.4. The highest BCUT2D eigenvalue weighted by Crippen LogP contribution is 2.58. The van der Waals surface area contributed by atoms with Gasteiger partial charge in [-0.25, -0.2) is 0 Å². The van der Waals surface area contributed by atoms with Crippen LogP contribution in [0.25, 0.3) is 11.1 Å². The van der Waals surface area contributed by atoms with Crippen LogP contribution in [0.4, 0.5) is 0 Å². The van der Waals surface area contributed by atoms with Crippen molar-refractivity contribution in [1.29, 1.82) is 0 Å². The van der Waals surface area contributed by atoms with Crippen molar-refractivity contribution in [3.8, 4) is 39.9 Å². The summed E-state index contributed by atoms with van der Waals surface area (Å²) in [5.41, 5.74) is 4.49. The van der Waals surface area contributed by atoms with Crippen LogP contribution in [0, 0.1) is 0 Å². The van der Waals surface area contributed by atoms with Crippen LogP contribution in [0.5, 0.6) is 28.7 Å². The number of carbonyl (C=O) groups excluding carboxylic acids is 2. The summed E-state index contributed by atoms with van der Waals surface area (Å²) in [6.45, 7) is 3.44. The Kier molecular flexibility index (Phi) is 5.62. The lowest BCUT2D eigenvalue weighted by molar-refractivity contribution is -0.133. The van der Waals surface area contributed by atoms with Crippen LogP contribution in [0.1, 0.15) is 36.6 Å². The fraction of sp³-hybridized carbons (Fsp3) is 0.417. The molecular formula is C24H27NO7. The fourth-order valence-corrected chi connectivity index (χ4v) is 4.93. The summed E-state index contributed by atoms with van der Waals surface area (Å²) in [4.78, 5) is 26.3. The minimum absolute atomic E-state index is 0.0145. The highest BCUT2D eigenvalue weighted by atomic mass is 16.6. The highest BCUT2D eigenvalue weighted by molar-refractivity contribution is 5.89. The van der Waals surface area contributed by atoms with Gasteiger partial charge in [-0.2, -0.15) is 0 Å². The predicted octanol–water partition coefficient (Wildman–Crippen LogP) is 3.32. The molecule has 0 fully saturated rings. The summed E-state index contributed by atoms with van der Waals surface area (Å²) in [6, 6.07) is 3.63. The van der Waals surface area contributed by atoms with Gasteiger partial charge in [-0.1, -0.05) is 0 Å². The summed E-state index contributed by atoms with van der Waals surface area (Å²) in [6.07, 6.45) is 1.12. The van der Waals surface area contributed by atoms with Gasteiger partial charge in [0.25, 0.3) is 0 Å². The summed E-state index contributed by atoms with van der Waals surface area (Å²) < 4.78 is 28.2. The first kappa shape index (κ1) is 21.8. The molecule has 1 aliphatic heterocycles. The Morgan fingerprint density at radius 2 is 1.56 bits per heavy atom. The van der Waals surface area contributed by atoms with Gasteiger partial charge in [0.1, 0.15) is 0 Å². The van der Waals surface area contributed by atoms with Gasteiger partial charge in [0.05, 0.1) is 34.5 Å². The van der Waals surface area contributed by atoms with E-state index in [1.807, 2.05) is 17.0 Å². The lowest BCUT2D eigenvalue weighted by atomic mass is 9.75. The lowest BCUT2D eigenvalue weighted by Crippen LogP contribution is -2.41. The van der Waals surface area contributed by atoms with Crippen LogP contribution in [-0.2, 0) is 22.4 Å². The van der Waals surface area contributed by atoms with Gasteiger partial charge in [0.2, 0.25) is 11.7 Å². The Hall–Kier alpha value is -3.42. The van der Waals surface area contributed by atoms with Gasteiger partial charge in [-0.15, -0.1) is 0 Å². The third-order valence-electron chi connectivity index (χ3n) is 6.17. The summed E-state index contributed by atoms with van der Waals surface area (Å²) in [7, 11) is 6.25. The van der Waals surface area contributed by atoms with E-state index in [9.17, 15) is 9.59 Å². The van der Waals surface area contributed by atoms with Gasteiger partial charge in [-0.05, 0) is 41.7 Å². The van der Waals surface area contributed by atoms with E-state index in [4.69, 9.17) is 23.7 Å². The number of ether oxygens (including phenoxy) is 5. The number of hydrogen-bond donors (Lipinski definition) is 0. The maximum absolute atomic E-state index is 12.5. The van der Waals surface area contributed by atoms with Gasteiger partial charge in [0, 0.05) is 31.5 Å². The third kappa shape index (κ3) is 3.21. The average molecular weight is 441 g/mol. The molecule has 1 unspecified atom stereocenters. The molecule has 0 N–H and O–H groups in total. The van der Waals surface area contributed by atoms with Crippen molar-refractivity contribution in [2.75, 3.05) is 35.0 Å².